The first kappa shape index (κ1) is 16.0. The van der Waals surface area contributed by atoms with Crippen LogP contribution >= 0.6 is 0 Å². The molecule has 0 aromatic heterocycles. The summed E-state index contributed by atoms with van der Waals surface area (Å²) in [5, 5.41) is 3.44. The SMILES string of the molecule is CCCCCCCOc1ccccc1C(C)NCC. The van der Waals surface area contributed by atoms with Gasteiger partial charge in [-0.05, 0) is 26.0 Å². The standard InChI is InChI=1S/C17H29NO/c1-4-6-7-8-11-14-19-17-13-10-9-12-16(17)15(3)18-5-2/h9-10,12-13,15,18H,4-8,11,14H2,1-3H3. The van der Waals surface area contributed by atoms with Crippen molar-refractivity contribution >= 4 is 0 Å². The van der Waals surface area contributed by atoms with Crippen molar-refractivity contribution in [1.29, 1.82) is 0 Å². The Hall–Kier alpha value is -1.02. The normalized spacial score (nSPS) is 12.4. The number of ether oxygens (including phenoxy) is 1. The van der Waals surface area contributed by atoms with Crippen LogP contribution in [0.15, 0.2) is 24.3 Å². The lowest BCUT2D eigenvalue weighted by atomic mass is 10.1. The highest BCUT2D eigenvalue weighted by atomic mass is 16.5. The molecule has 0 saturated carbocycles. The highest BCUT2D eigenvalue weighted by molar-refractivity contribution is 5.35. The average molecular weight is 263 g/mol. The predicted octanol–water partition coefficient (Wildman–Crippen LogP) is 4.71. The fourth-order valence-corrected chi connectivity index (χ4v) is 2.27. The van der Waals surface area contributed by atoms with E-state index in [4.69, 9.17) is 4.74 Å². The van der Waals surface area contributed by atoms with Crippen LogP contribution in [-0.4, -0.2) is 13.2 Å². The lowest BCUT2D eigenvalue weighted by molar-refractivity contribution is 0.299. The smallest absolute Gasteiger partial charge is 0.124 e. The largest absolute Gasteiger partial charge is 0.493 e. The van der Waals surface area contributed by atoms with E-state index in [0.29, 0.717) is 6.04 Å². The summed E-state index contributed by atoms with van der Waals surface area (Å²) in [6, 6.07) is 8.71. The van der Waals surface area contributed by atoms with Crippen LogP contribution in [-0.2, 0) is 0 Å². The molecular weight excluding hydrogens is 234 g/mol. The molecular formula is C17H29NO. The van der Waals surface area contributed by atoms with Crippen molar-refractivity contribution in [1.82, 2.24) is 5.32 Å². The van der Waals surface area contributed by atoms with Gasteiger partial charge in [0.1, 0.15) is 5.75 Å². The summed E-state index contributed by atoms with van der Waals surface area (Å²) >= 11 is 0. The van der Waals surface area contributed by atoms with Gasteiger partial charge in [0, 0.05) is 11.6 Å². The van der Waals surface area contributed by atoms with Crippen LogP contribution < -0.4 is 10.1 Å². The van der Waals surface area contributed by atoms with E-state index >= 15 is 0 Å². The van der Waals surface area contributed by atoms with Crippen LogP contribution in [0.5, 0.6) is 5.75 Å². The van der Waals surface area contributed by atoms with E-state index in [1.807, 2.05) is 0 Å². The van der Waals surface area contributed by atoms with Crippen LogP contribution in [0.25, 0.3) is 0 Å². The molecule has 1 unspecified atom stereocenters. The van der Waals surface area contributed by atoms with Crippen molar-refractivity contribution < 1.29 is 4.74 Å². The number of rotatable bonds is 10. The maximum atomic E-state index is 5.94. The second-order valence-electron chi connectivity index (χ2n) is 5.08. The Labute approximate surface area is 118 Å². The molecule has 0 saturated heterocycles. The summed E-state index contributed by atoms with van der Waals surface area (Å²) in [5.74, 6) is 1.03. The Morgan fingerprint density at radius 3 is 2.53 bits per heavy atom. The summed E-state index contributed by atoms with van der Waals surface area (Å²) in [6.45, 7) is 8.38. The van der Waals surface area contributed by atoms with E-state index in [1.165, 1.54) is 31.2 Å². The highest BCUT2D eigenvalue weighted by Gasteiger charge is 2.09. The van der Waals surface area contributed by atoms with Crippen molar-refractivity contribution in [3.63, 3.8) is 0 Å². The Morgan fingerprint density at radius 1 is 1.05 bits per heavy atom. The quantitative estimate of drug-likeness (QED) is 0.617. The molecule has 0 heterocycles. The fourth-order valence-electron chi connectivity index (χ4n) is 2.27. The number of hydrogen-bond acceptors (Lipinski definition) is 2. The molecule has 0 aliphatic heterocycles. The molecule has 1 aromatic rings. The molecule has 0 aliphatic rings. The maximum Gasteiger partial charge on any atom is 0.124 e. The molecule has 1 rings (SSSR count). The minimum Gasteiger partial charge on any atom is -0.493 e. The van der Waals surface area contributed by atoms with Crippen molar-refractivity contribution in [3.8, 4) is 5.75 Å². The zero-order valence-corrected chi connectivity index (χ0v) is 12.7. The number of benzene rings is 1. The molecule has 0 fully saturated rings. The van der Waals surface area contributed by atoms with Gasteiger partial charge in [0.15, 0.2) is 0 Å². The molecule has 0 spiro atoms. The van der Waals surface area contributed by atoms with E-state index in [0.717, 1.165) is 25.3 Å². The average Bonchev–Trinajstić information content (AvgIpc) is 2.43. The number of nitrogens with one attached hydrogen (secondary N) is 1. The molecule has 1 aromatic carbocycles. The van der Waals surface area contributed by atoms with Gasteiger partial charge < -0.3 is 10.1 Å². The molecule has 2 heteroatoms. The Kier molecular flexibility index (Phi) is 8.31. The van der Waals surface area contributed by atoms with Gasteiger partial charge in [-0.3, -0.25) is 0 Å². The molecule has 1 atom stereocenters. The highest BCUT2D eigenvalue weighted by Crippen LogP contribution is 2.24. The first-order valence-electron chi connectivity index (χ1n) is 7.74. The van der Waals surface area contributed by atoms with Crippen molar-refractivity contribution in [2.45, 2.75) is 58.9 Å². The summed E-state index contributed by atoms with van der Waals surface area (Å²) < 4.78 is 5.94. The summed E-state index contributed by atoms with van der Waals surface area (Å²) in [6.07, 6.45) is 6.40. The van der Waals surface area contributed by atoms with E-state index in [-0.39, 0.29) is 0 Å². The van der Waals surface area contributed by atoms with Crippen LogP contribution in [0.4, 0.5) is 0 Å². The van der Waals surface area contributed by atoms with Crippen LogP contribution in [0.1, 0.15) is 64.5 Å². The third-order valence-electron chi connectivity index (χ3n) is 3.40. The van der Waals surface area contributed by atoms with E-state index < -0.39 is 0 Å². The van der Waals surface area contributed by atoms with Gasteiger partial charge in [-0.15, -0.1) is 0 Å². The molecule has 19 heavy (non-hydrogen) atoms. The van der Waals surface area contributed by atoms with Gasteiger partial charge in [0.05, 0.1) is 6.61 Å². The summed E-state index contributed by atoms with van der Waals surface area (Å²) in [5.41, 5.74) is 1.26. The predicted molar refractivity (Wildman–Crippen MR) is 82.8 cm³/mol. The molecule has 0 aliphatic carbocycles. The summed E-state index contributed by atoms with van der Waals surface area (Å²) in [4.78, 5) is 0. The van der Waals surface area contributed by atoms with Gasteiger partial charge in [0.2, 0.25) is 0 Å². The monoisotopic (exact) mass is 263 g/mol. The molecule has 2 nitrogen and oxygen atoms in total. The third-order valence-corrected chi connectivity index (χ3v) is 3.40. The third kappa shape index (κ3) is 6.11. The van der Waals surface area contributed by atoms with Gasteiger partial charge in [0.25, 0.3) is 0 Å². The minimum absolute atomic E-state index is 0.348. The Morgan fingerprint density at radius 2 is 1.79 bits per heavy atom. The maximum absolute atomic E-state index is 5.94. The topological polar surface area (TPSA) is 21.3 Å². The second kappa shape index (κ2) is 9.85. The van der Waals surface area contributed by atoms with Gasteiger partial charge in [-0.2, -0.15) is 0 Å². The Balaban J connectivity index is 2.40. The lowest BCUT2D eigenvalue weighted by Gasteiger charge is -2.17. The molecule has 1 N–H and O–H groups in total. The van der Waals surface area contributed by atoms with E-state index in [9.17, 15) is 0 Å². The number of hydrogen-bond donors (Lipinski definition) is 1. The molecule has 0 bridgehead atoms. The van der Waals surface area contributed by atoms with Crippen LogP contribution in [0.2, 0.25) is 0 Å². The van der Waals surface area contributed by atoms with Crippen molar-refractivity contribution in [3.05, 3.63) is 29.8 Å². The first-order valence-corrected chi connectivity index (χ1v) is 7.74. The number of unbranched alkanes of at least 4 members (excludes halogenated alkanes) is 4. The van der Waals surface area contributed by atoms with Gasteiger partial charge in [-0.1, -0.05) is 57.7 Å². The summed E-state index contributed by atoms with van der Waals surface area (Å²) in [7, 11) is 0. The molecule has 0 radical (unpaired) electrons. The Bertz CT molecular complexity index is 338. The molecule has 0 amide bonds. The van der Waals surface area contributed by atoms with Gasteiger partial charge in [-0.25, -0.2) is 0 Å². The second-order valence-corrected chi connectivity index (χ2v) is 5.08. The molecule has 108 valence electrons. The van der Waals surface area contributed by atoms with Crippen molar-refractivity contribution in [2.75, 3.05) is 13.2 Å². The van der Waals surface area contributed by atoms with Crippen molar-refractivity contribution in [2.24, 2.45) is 0 Å². The zero-order chi connectivity index (χ0) is 13.9. The lowest BCUT2D eigenvalue weighted by Crippen LogP contribution is -2.18. The van der Waals surface area contributed by atoms with Gasteiger partial charge >= 0.3 is 0 Å². The minimum atomic E-state index is 0.348. The fraction of sp³-hybridized carbons (Fsp3) is 0.647. The number of para-hydroxylation sites is 1. The van der Waals surface area contributed by atoms with E-state index in [2.05, 4.69) is 50.4 Å². The van der Waals surface area contributed by atoms with Crippen LogP contribution in [0.3, 0.4) is 0 Å². The zero-order valence-electron chi connectivity index (χ0n) is 12.7. The van der Waals surface area contributed by atoms with E-state index in [1.54, 1.807) is 0 Å². The first-order chi connectivity index (χ1) is 9.29. The van der Waals surface area contributed by atoms with Crippen LogP contribution in [0, 0.1) is 0 Å².